The summed E-state index contributed by atoms with van der Waals surface area (Å²) in [4.78, 5) is 11.3. The van der Waals surface area contributed by atoms with E-state index >= 15 is 0 Å². The van der Waals surface area contributed by atoms with Gasteiger partial charge in [-0.25, -0.2) is 0 Å². The van der Waals surface area contributed by atoms with Crippen LogP contribution in [-0.2, 0) is 11.6 Å². The number of thioether (sulfide) groups is 1. The monoisotopic (exact) mass is 342 g/mol. The molecule has 0 radical (unpaired) electrons. The van der Waals surface area contributed by atoms with Gasteiger partial charge in [0, 0.05) is 27.6 Å². The number of rotatable bonds is 5. The predicted octanol–water partition coefficient (Wildman–Crippen LogP) is 4.86. The second-order valence-corrected chi connectivity index (χ2v) is 6.05. The largest absolute Gasteiger partial charge is 0.393 e. The van der Waals surface area contributed by atoms with Crippen molar-refractivity contribution in [3.63, 3.8) is 0 Å². The van der Waals surface area contributed by atoms with Crippen molar-refractivity contribution in [2.45, 2.75) is 16.5 Å². The smallest absolute Gasteiger partial charge is 0.292 e. The molecule has 0 aliphatic carbocycles. The first-order valence-corrected chi connectivity index (χ1v) is 7.91. The van der Waals surface area contributed by atoms with Gasteiger partial charge in [-0.05, 0) is 35.4 Å². The molecule has 0 atom stereocenters. The maximum atomic E-state index is 10.7. The van der Waals surface area contributed by atoms with E-state index in [0.29, 0.717) is 16.7 Å². The van der Waals surface area contributed by atoms with Gasteiger partial charge >= 0.3 is 0 Å². The quantitative estimate of drug-likeness (QED) is 0.277. The number of hydrogen-bond acceptors (Lipinski definition) is 4. The minimum atomic E-state index is -0.489. The number of nitrogens with two attached hydrogens (primary N) is 1. The van der Waals surface area contributed by atoms with Gasteiger partial charge in [0.25, 0.3) is 5.69 Å². The van der Waals surface area contributed by atoms with Crippen molar-refractivity contribution in [1.29, 1.82) is 0 Å². The Hall–Kier alpha value is -1.43. The molecule has 0 saturated heterocycles. The fourth-order valence-electron chi connectivity index (χ4n) is 1.81. The zero-order chi connectivity index (χ0) is 15.4. The molecule has 2 aromatic carbocycles. The fourth-order valence-corrected chi connectivity index (χ4v) is 3.29. The van der Waals surface area contributed by atoms with Crippen LogP contribution in [0.15, 0.2) is 41.3 Å². The number of nitro groups is 1. The first-order chi connectivity index (χ1) is 10.0. The summed E-state index contributed by atoms with van der Waals surface area (Å²) in [6.07, 6.45) is 0. The van der Waals surface area contributed by atoms with Gasteiger partial charge in [-0.1, -0.05) is 17.7 Å². The van der Waals surface area contributed by atoms with Crippen LogP contribution in [0.3, 0.4) is 0 Å². The van der Waals surface area contributed by atoms with Crippen LogP contribution in [0.4, 0.5) is 11.4 Å². The van der Waals surface area contributed by atoms with Crippen LogP contribution in [0.1, 0.15) is 11.1 Å². The second kappa shape index (κ2) is 7.02. The van der Waals surface area contributed by atoms with Crippen molar-refractivity contribution in [3.8, 4) is 0 Å². The molecule has 7 heteroatoms. The Morgan fingerprint density at radius 3 is 2.62 bits per heavy atom. The number of hydrogen-bond donors (Lipinski definition) is 1. The standard InChI is InChI=1S/C14H12Cl2N2O2S/c15-7-10-6-11(16)2-4-14(10)21-8-9-1-3-13(18(19)20)12(17)5-9/h1-6H,7-8,17H2. The average molecular weight is 343 g/mol. The van der Waals surface area contributed by atoms with E-state index in [0.717, 1.165) is 16.0 Å². The average Bonchev–Trinajstić information content (AvgIpc) is 2.45. The fraction of sp³-hybridized carbons (Fsp3) is 0.143. The van der Waals surface area contributed by atoms with Crippen LogP contribution in [-0.4, -0.2) is 4.92 Å². The van der Waals surface area contributed by atoms with E-state index in [1.165, 1.54) is 6.07 Å². The lowest BCUT2D eigenvalue weighted by atomic mass is 10.2. The van der Waals surface area contributed by atoms with Crippen LogP contribution >= 0.6 is 35.0 Å². The van der Waals surface area contributed by atoms with E-state index in [2.05, 4.69) is 0 Å². The molecule has 0 heterocycles. The molecule has 2 rings (SSSR count). The molecule has 4 nitrogen and oxygen atoms in total. The molecule has 0 fully saturated rings. The number of halogens is 2. The third-order valence-electron chi connectivity index (χ3n) is 2.85. The molecular formula is C14H12Cl2N2O2S. The highest BCUT2D eigenvalue weighted by Gasteiger charge is 2.11. The molecule has 0 spiro atoms. The van der Waals surface area contributed by atoms with Crippen molar-refractivity contribution < 1.29 is 4.92 Å². The van der Waals surface area contributed by atoms with E-state index in [9.17, 15) is 10.1 Å². The second-order valence-electron chi connectivity index (χ2n) is 4.32. The summed E-state index contributed by atoms with van der Waals surface area (Å²) < 4.78 is 0. The topological polar surface area (TPSA) is 69.2 Å². The minimum Gasteiger partial charge on any atom is -0.393 e. The summed E-state index contributed by atoms with van der Waals surface area (Å²) in [5, 5.41) is 11.4. The Morgan fingerprint density at radius 1 is 1.24 bits per heavy atom. The first kappa shape index (κ1) is 15.9. The molecular weight excluding hydrogens is 331 g/mol. The van der Waals surface area contributed by atoms with Crippen molar-refractivity contribution in [2.75, 3.05) is 5.73 Å². The number of nitrogen functional groups attached to an aromatic ring is 1. The number of benzene rings is 2. The summed E-state index contributed by atoms with van der Waals surface area (Å²) in [5.41, 5.74) is 7.66. The molecule has 0 bridgehead atoms. The van der Waals surface area contributed by atoms with Crippen LogP contribution in [0.5, 0.6) is 0 Å². The third-order valence-corrected chi connectivity index (χ3v) is 4.56. The molecule has 21 heavy (non-hydrogen) atoms. The number of nitrogens with zero attached hydrogens (tertiary/aromatic N) is 1. The lowest BCUT2D eigenvalue weighted by molar-refractivity contribution is -0.383. The van der Waals surface area contributed by atoms with Gasteiger partial charge in [-0.2, -0.15) is 0 Å². The van der Waals surface area contributed by atoms with Gasteiger partial charge in [0.05, 0.1) is 4.92 Å². The minimum absolute atomic E-state index is 0.0725. The Labute approximate surface area is 136 Å². The SMILES string of the molecule is Nc1cc(CSc2ccc(Cl)cc2CCl)ccc1[N+](=O)[O-]. The van der Waals surface area contributed by atoms with Crippen molar-refractivity contribution in [3.05, 3.63) is 62.7 Å². The zero-order valence-corrected chi connectivity index (χ0v) is 13.2. The highest BCUT2D eigenvalue weighted by Crippen LogP contribution is 2.31. The molecule has 0 unspecified atom stereocenters. The van der Waals surface area contributed by atoms with Crippen LogP contribution in [0.25, 0.3) is 0 Å². The molecule has 0 aliphatic rings. The molecule has 2 N–H and O–H groups in total. The molecule has 0 saturated carbocycles. The van der Waals surface area contributed by atoms with Crippen molar-refractivity contribution >= 4 is 46.3 Å². The Kier molecular flexibility index (Phi) is 5.33. The van der Waals surface area contributed by atoms with Gasteiger partial charge in [0.1, 0.15) is 5.69 Å². The summed E-state index contributed by atoms with van der Waals surface area (Å²) in [6.45, 7) is 0. The number of nitro benzene ring substituents is 1. The van der Waals surface area contributed by atoms with E-state index in [1.807, 2.05) is 18.2 Å². The van der Waals surface area contributed by atoms with Gasteiger partial charge in [-0.15, -0.1) is 23.4 Å². The molecule has 0 aromatic heterocycles. The highest BCUT2D eigenvalue weighted by molar-refractivity contribution is 7.98. The van der Waals surface area contributed by atoms with Gasteiger partial charge in [0.15, 0.2) is 0 Å². The lowest BCUT2D eigenvalue weighted by Gasteiger charge is -2.08. The maximum Gasteiger partial charge on any atom is 0.292 e. The molecule has 110 valence electrons. The van der Waals surface area contributed by atoms with Crippen LogP contribution in [0.2, 0.25) is 5.02 Å². The predicted molar refractivity (Wildman–Crippen MR) is 88.1 cm³/mol. The Bertz CT molecular complexity index is 680. The van der Waals surface area contributed by atoms with E-state index in [-0.39, 0.29) is 11.4 Å². The van der Waals surface area contributed by atoms with Gasteiger partial charge in [0.2, 0.25) is 0 Å². The van der Waals surface area contributed by atoms with Crippen molar-refractivity contribution in [1.82, 2.24) is 0 Å². The highest BCUT2D eigenvalue weighted by atomic mass is 35.5. The normalized spacial score (nSPS) is 10.6. The molecule has 0 amide bonds. The van der Waals surface area contributed by atoms with E-state index < -0.39 is 4.92 Å². The third kappa shape index (κ3) is 4.03. The van der Waals surface area contributed by atoms with Crippen molar-refractivity contribution in [2.24, 2.45) is 0 Å². The van der Waals surface area contributed by atoms with Crippen LogP contribution in [0, 0.1) is 10.1 Å². The molecule has 2 aromatic rings. The summed E-state index contributed by atoms with van der Waals surface area (Å²) in [7, 11) is 0. The zero-order valence-electron chi connectivity index (χ0n) is 10.9. The first-order valence-electron chi connectivity index (χ1n) is 6.01. The Balaban J connectivity index is 2.13. The maximum absolute atomic E-state index is 10.7. The molecule has 0 aliphatic heterocycles. The summed E-state index contributed by atoms with van der Waals surface area (Å²) >= 11 is 13.4. The van der Waals surface area contributed by atoms with Gasteiger partial charge < -0.3 is 5.73 Å². The van der Waals surface area contributed by atoms with Gasteiger partial charge in [-0.3, -0.25) is 10.1 Å². The number of alkyl halides is 1. The van der Waals surface area contributed by atoms with E-state index in [1.54, 1.807) is 23.9 Å². The van der Waals surface area contributed by atoms with Crippen LogP contribution < -0.4 is 5.73 Å². The summed E-state index contributed by atoms with van der Waals surface area (Å²) in [5.74, 6) is 1.03. The van der Waals surface area contributed by atoms with E-state index in [4.69, 9.17) is 28.9 Å². The lowest BCUT2D eigenvalue weighted by Crippen LogP contribution is -1.96. The Morgan fingerprint density at radius 2 is 2.00 bits per heavy atom. The summed E-state index contributed by atoms with van der Waals surface area (Å²) in [6, 6.07) is 10.3. The number of anilines is 1.